The summed E-state index contributed by atoms with van der Waals surface area (Å²) in [6.07, 6.45) is 6.51. The predicted molar refractivity (Wildman–Crippen MR) is 220 cm³/mol. The summed E-state index contributed by atoms with van der Waals surface area (Å²) in [7, 11) is 0. The minimum atomic E-state index is 0.899. The molecule has 7 rings (SSSR count). The van der Waals surface area contributed by atoms with E-state index >= 15 is 0 Å². The maximum absolute atomic E-state index is 5.47. The molecule has 0 radical (unpaired) electrons. The van der Waals surface area contributed by atoms with Crippen molar-refractivity contribution in [2.24, 2.45) is 0 Å². The monoisotopic (exact) mass is 676 g/mol. The molecule has 0 spiro atoms. The fourth-order valence-corrected chi connectivity index (χ4v) is 7.20. The first-order valence-corrected chi connectivity index (χ1v) is 18.7. The van der Waals surface area contributed by atoms with Crippen molar-refractivity contribution in [1.82, 2.24) is 9.97 Å². The molecule has 0 amide bonds. The second-order valence-electron chi connectivity index (χ2n) is 14.3. The smallest absolute Gasteiger partial charge is 0.0973 e. The van der Waals surface area contributed by atoms with Crippen LogP contribution >= 0.6 is 0 Å². The molecule has 1 aromatic heterocycles. The lowest BCUT2D eigenvalue weighted by Crippen LogP contribution is -2.01. The number of rotatable bonds is 12. The molecular formula is C50H48N2. The first kappa shape index (κ1) is 34.8. The van der Waals surface area contributed by atoms with Gasteiger partial charge in [-0.25, -0.2) is 9.97 Å². The third-order valence-corrected chi connectivity index (χ3v) is 10.3. The van der Waals surface area contributed by atoms with Crippen molar-refractivity contribution < 1.29 is 0 Å². The zero-order valence-electron chi connectivity index (χ0n) is 31.0. The van der Waals surface area contributed by atoms with Gasteiger partial charge in [-0.05, 0) is 99.6 Å². The van der Waals surface area contributed by atoms with E-state index in [0.717, 1.165) is 83.6 Å². The van der Waals surface area contributed by atoms with Crippen molar-refractivity contribution in [2.45, 2.75) is 66.2 Å². The number of benzene rings is 6. The maximum atomic E-state index is 5.47. The minimum Gasteiger partial charge on any atom is -0.243 e. The molecule has 2 heteroatoms. The van der Waals surface area contributed by atoms with E-state index in [1.807, 2.05) is 0 Å². The van der Waals surface area contributed by atoms with Crippen molar-refractivity contribution in [3.05, 3.63) is 190 Å². The van der Waals surface area contributed by atoms with Gasteiger partial charge in [-0.2, -0.15) is 0 Å². The van der Waals surface area contributed by atoms with Crippen LogP contribution in [0, 0.1) is 27.7 Å². The molecule has 0 atom stereocenters. The lowest BCUT2D eigenvalue weighted by atomic mass is 9.96. The van der Waals surface area contributed by atoms with Crippen LogP contribution in [0.4, 0.5) is 0 Å². The van der Waals surface area contributed by atoms with E-state index in [2.05, 4.69) is 173 Å². The average Bonchev–Trinajstić information content (AvgIpc) is 3.18. The van der Waals surface area contributed by atoms with Gasteiger partial charge in [-0.15, -0.1) is 0 Å². The third-order valence-electron chi connectivity index (χ3n) is 10.3. The van der Waals surface area contributed by atoms with Crippen molar-refractivity contribution in [3.8, 4) is 45.0 Å². The maximum Gasteiger partial charge on any atom is 0.0973 e. The van der Waals surface area contributed by atoms with Crippen molar-refractivity contribution >= 4 is 0 Å². The number of hydrogen-bond donors (Lipinski definition) is 0. The van der Waals surface area contributed by atoms with Gasteiger partial charge in [0.1, 0.15) is 0 Å². The Morgan fingerprint density at radius 2 is 0.692 bits per heavy atom. The lowest BCUT2D eigenvalue weighted by Gasteiger charge is -2.16. The van der Waals surface area contributed by atoms with Crippen molar-refractivity contribution in [1.29, 1.82) is 0 Å². The Kier molecular flexibility index (Phi) is 10.8. The van der Waals surface area contributed by atoms with Crippen LogP contribution in [-0.2, 0) is 25.7 Å². The average molecular weight is 677 g/mol. The van der Waals surface area contributed by atoms with Crippen molar-refractivity contribution in [2.75, 3.05) is 0 Å². The van der Waals surface area contributed by atoms with Gasteiger partial charge in [0.15, 0.2) is 0 Å². The minimum absolute atomic E-state index is 0.899. The van der Waals surface area contributed by atoms with Gasteiger partial charge < -0.3 is 0 Å². The van der Waals surface area contributed by atoms with E-state index in [1.54, 1.807) is 0 Å². The molecule has 1 heterocycles. The Bertz CT molecular complexity index is 2090. The van der Waals surface area contributed by atoms with Crippen molar-refractivity contribution in [3.63, 3.8) is 0 Å². The quantitative estimate of drug-likeness (QED) is 0.129. The summed E-state index contributed by atoms with van der Waals surface area (Å²) in [4.78, 5) is 10.9. The van der Waals surface area contributed by atoms with Crippen LogP contribution in [0.2, 0.25) is 0 Å². The Morgan fingerprint density at radius 3 is 1.06 bits per heavy atom. The van der Waals surface area contributed by atoms with Gasteiger partial charge in [0.05, 0.1) is 22.8 Å². The topological polar surface area (TPSA) is 25.8 Å². The molecule has 52 heavy (non-hydrogen) atoms. The molecule has 7 aromatic rings. The standard InChI is InChI=1S/C50H48N2/c1-35-21-23-37(3)45(33-35)19-11-13-39-25-29-43(30-26-39)49-47(41-15-7-5-8-16-41)52-50(48(51-49)42-17-9-6-10-18-42)44-31-27-40(28-32-44)14-12-20-46-34-36(2)22-24-38(46)4/h5-10,15-18,21-34H,11-14,19-20H2,1-4H3. The second-order valence-corrected chi connectivity index (χ2v) is 14.3. The molecule has 258 valence electrons. The molecule has 0 saturated heterocycles. The summed E-state index contributed by atoms with van der Waals surface area (Å²) in [5, 5.41) is 0. The predicted octanol–water partition coefficient (Wildman–Crippen LogP) is 12.7. The summed E-state index contributed by atoms with van der Waals surface area (Å²) in [6.45, 7) is 8.79. The van der Waals surface area contributed by atoms with Crippen LogP contribution in [0.5, 0.6) is 0 Å². The summed E-state index contributed by atoms with van der Waals surface area (Å²) in [5.74, 6) is 0. The fourth-order valence-electron chi connectivity index (χ4n) is 7.20. The first-order chi connectivity index (χ1) is 25.4. The van der Waals surface area contributed by atoms with Crippen LogP contribution < -0.4 is 0 Å². The Balaban J connectivity index is 1.19. The zero-order chi connectivity index (χ0) is 35.9. The van der Waals surface area contributed by atoms with Crippen LogP contribution in [-0.4, -0.2) is 9.97 Å². The van der Waals surface area contributed by atoms with E-state index in [9.17, 15) is 0 Å². The highest BCUT2D eigenvalue weighted by molar-refractivity contribution is 5.86. The first-order valence-electron chi connectivity index (χ1n) is 18.7. The Morgan fingerprint density at radius 1 is 0.346 bits per heavy atom. The van der Waals surface area contributed by atoms with E-state index in [1.165, 1.54) is 44.5 Å². The molecule has 0 aliphatic heterocycles. The van der Waals surface area contributed by atoms with E-state index in [-0.39, 0.29) is 0 Å². The molecule has 6 aromatic carbocycles. The number of hydrogen-bond acceptors (Lipinski definition) is 2. The second kappa shape index (κ2) is 16.2. The highest BCUT2D eigenvalue weighted by atomic mass is 14.9. The fraction of sp³-hybridized carbons (Fsp3) is 0.200. The van der Waals surface area contributed by atoms with Crippen LogP contribution in [0.15, 0.2) is 146 Å². The van der Waals surface area contributed by atoms with Gasteiger partial charge in [-0.1, -0.05) is 157 Å². The van der Waals surface area contributed by atoms with Gasteiger partial charge in [0.2, 0.25) is 0 Å². The summed E-state index contributed by atoms with van der Waals surface area (Å²) >= 11 is 0. The zero-order valence-corrected chi connectivity index (χ0v) is 31.0. The van der Waals surface area contributed by atoms with E-state index in [0.29, 0.717) is 0 Å². The third kappa shape index (κ3) is 8.30. The molecule has 0 aliphatic carbocycles. The van der Waals surface area contributed by atoms with Crippen LogP contribution in [0.1, 0.15) is 57.3 Å². The van der Waals surface area contributed by atoms with Gasteiger partial charge in [-0.3, -0.25) is 0 Å². The van der Waals surface area contributed by atoms with Gasteiger partial charge in [0, 0.05) is 22.3 Å². The molecule has 0 N–H and O–H groups in total. The number of aryl methyl sites for hydroxylation is 8. The van der Waals surface area contributed by atoms with E-state index < -0.39 is 0 Å². The summed E-state index contributed by atoms with van der Waals surface area (Å²) in [6, 6.07) is 52.5. The number of nitrogens with zero attached hydrogens (tertiary/aromatic N) is 2. The molecule has 0 aliphatic rings. The Labute approximate surface area is 310 Å². The molecular weight excluding hydrogens is 629 g/mol. The Hall–Kier alpha value is -5.60. The van der Waals surface area contributed by atoms with Gasteiger partial charge in [0.25, 0.3) is 0 Å². The SMILES string of the molecule is Cc1ccc(C)c(CCCc2ccc(-c3nc(-c4ccccc4)c(-c4ccc(CCCc5cc(C)ccc5C)cc4)nc3-c3ccccc3)cc2)c1. The number of aromatic nitrogens is 2. The van der Waals surface area contributed by atoms with E-state index in [4.69, 9.17) is 9.97 Å². The molecule has 0 fully saturated rings. The largest absolute Gasteiger partial charge is 0.243 e. The normalized spacial score (nSPS) is 11.2. The molecule has 2 nitrogen and oxygen atoms in total. The highest BCUT2D eigenvalue weighted by Crippen LogP contribution is 2.37. The highest BCUT2D eigenvalue weighted by Gasteiger charge is 2.19. The molecule has 0 bridgehead atoms. The molecule has 0 unspecified atom stereocenters. The van der Waals surface area contributed by atoms with Crippen LogP contribution in [0.25, 0.3) is 45.0 Å². The van der Waals surface area contributed by atoms with Crippen LogP contribution in [0.3, 0.4) is 0 Å². The van der Waals surface area contributed by atoms with Gasteiger partial charge >= 0.3 is 0 Å². The molecule has 0 saturated carbocycles. The summed E-state index contributed by atoms with van der Waals surface area (Å²) in [5.41, 5.74) is 18.9. The summed E-state index contributed by atoms with van der Waals surface area (Å²) < 4.78 is 0. The lowest BCUT2D eigenvalue weighted by molar-refractivity contribution is 0.815.